The van der Waals surface area contributed by atoms with Crippen molar-refractivity contribution in [2.75, 3.05) is 13.1 Å². The number of aromatic nitrogens is 4. The second-order valence-corrected chi connectivity index (χ2v) is 5.91. The van der Waals surface area contributed by atoms with Gasteiger partial charge in [-0.3, -0.25) is 14.5 Å². The Balaban J connectivity index is 1.73. The van der Waals surface area contributed by atoms with Crippen molar-refractivity contribution in [3.8, 4) is 11.4 Å². The zero-order chi connectivity index (χ0) is 15.5. The largest absolute Gasteiger partial charge is 0.343 e. The van der Waals surface area contributed by atoms with Crippen LogP contribution in [0.1, 0.15) is 25.5 Å². The van der Waals surface area contributed by atoms with Crippen LogP contribution in [-0.4, -0.2) is 43.6 Å². The average molecular weight is 299 g/mol. The first-order valence-corrected chi connectivity index (χ1v) is 7.68. The van der Waals surface area contributed by atoms with Crippen molar-refractivity contribution in [2.45, 2.75) is 26.2 Å². The zero-order valence-electron chi connectivity index (χ0n) is 13.1. The summed E-state index contributed by atoms with van der Waals surface area (Å²) in [5.41, 5.74) is 2.79. The predicted octanol–water partition coefficient (Wildman–Crippen LogP) is 1.68. The monoisotopic (exact) mass is 299 g/mol. The molecule has 1 aliphatic heterocycles. The van der Waals surface area contributed by atoms with E-state index in [0.717, 1.165) is 49.4 Å². The molecule has 2 aromatic rings. The summed E-state index contributed by atoms with van der Waals surface area (Å²) in [6.45, 7) is 3.35. The minimum absolute atomic E-state index is 0.166. The summed E-state index contributed by atoms with van der Waals surface area (Å²) in [5, 5.41) is 4.17. The van der Waals surface area contributed by atoms with Gasteiger partial charge in [-0.05, 0) is 31.2 Å². The highest BCUT2D eigenvalue weighted by Crippen LogP contribution is 2.21. The van der Waals surface area contributed by atoms with E-state index in [1.165, 1.54) is 0 Å². The third kappa shape index (κ3) is 3.16. The first-order chi connectivity index (χ1) is 10.6. The smallest absolute Gasteiger partial charge is 0.219 e. The first kappa shape index (κ1) is 14.7. The molecule has 1 unspecified atom stereocenters. The quantitative estimate of drug-likeness (QED) is 0.865. The van der Waals surface area contributed by atoms with E-state index in [1.807, 2.05) is 24.2 Å². The number of likely N-dealkylation sites (tertiary alicyclic amines) is 1. The highest BCUT2D eigenvalue weighted by Gasteiger charge is 2.22. The van der Waals surface area contributed by atoms with Crippen LogP contribution in [0.3, 0.4) is 0 Å². The van der Waals surface area contributed by atoms with Gasteiger partial charge in [0.2, 0.25) is 5.91 Å². The van der Waals surface area contributed by atoms with Crippen molar-refractivity contribution in [1.29, 1.82) is 0 Å². The Hall–Kier alpha value is -2.24. The standard InChI is InChI=1S/C16H21N5O/c1-12(22)21-7-3-4-13(11-21)8-14-9-17-10-15(19-14)16-5-6-18-20(16)2/h5-6,9-10,13H,3-4,7-8,11H2,1-2H3. The van der Waals surface area contributed by atoms with Crippen molar-refractivity contribution < 1.29 is 4.79 Å². The molecule has 0 N–H and O–H groups in total. The minimum Gasteiger partial charge on any atom is -0.343 e. The first-order valence-electron chi connectivity index (χ1n) is 7.68. The SMILES string of the molecule is CC(=O)N1CCCC(Cc2cncc(-c3ccnn3C)n2)C1. The fraction of sp³-hybridized carbons (Fsp3) is 0.500. The van der Waals surface area contributed by atoms with Crippen LogP contribution < -0.4 is 0 Å². The highest BCUT2D eigenvalue weighted by atomic mass is 16.2. The maximum absolute atomic E-state index is 11.5. The Labute approximate surface area is 130 Å². The molecule has 22 heavy (non-hydrogen) atoms. The molecule has 6 nitrogen and oxygen atoms in total. The molecule has 0 bridgehead atoms. The number of nitrogens with zero attached hydrogens (tertiary/aromatic N) is 5. The van der Waals surface area contributed by atoms with Gasteiger partial charge in [0.25, 0.3) is 0 Å². The molecule has 3 rings (SSSR count). The lowest BCUT2D eigenvalue weighted by atomic mass is 9.93. The highest BCUT2D eigenvalue weighted by molar-refractivity contribution is 5.73. The molecule has 1 atom stereocenters. The summed E-state index contributed by atoms with van der Waals surface area (Å²) in [5.74, 6) is 0.633. The molecule has 0 radical (unpaired) electrons. The van der Waals surface area contributed by atoms with E-state index in [0.29, 0.717) is 5.92 Å². The lowest BCUT2D eigenvalue weighted by molar-refractivity contribution is -0.130. The zero-order valence-corrected chi connectivity index (χ0v) is 13.1. The Morgan fingerprint density at radius 1 is 1.41 bits per heavy atom. The second kappa shape index (κ2) is 6.25. The molecular formula is C16H21N5O. The molecule has 1 amide bonds. The summed E-state index contributed by atoms with van der Waals surface area (Å²) in [6, 6.07) is 1.94. The lowest BCUT2D eigenvalue weighted by Gasteiger charge is -2.31. The van der Waals surface area contributed by atoms with E-state index >= 15 is 0 Å². The summed E-state index contributed by atoms with van der Waals surface area (Å²) in [7, 11) is 1.90. The van der Waals surface area contributed by atoms with Crippen LogP contribution in [0.15, 0.2) is 24.7 Å². The Morgan fingerprint density at radius 2 is 2.27 bits per heavy atom. The van der Waals surface area contributed by atoms with Crippen LogP contribution in [0.25, 0.3) is 11.4 Å². The molecule has 116 valence electrons. The lowest BCUT2D eigenvalue weighted by Crippen LogP contribution is -2.39. The van der Waals surface area contributed by atoms with Crippen LogP contribution in [0, 0.1) is 5.92 Å². The van der Waals surface area contributed by atoms with Crippen LogP contribution >= 0.6 is 0 Å². The van der Waals surface area contributed by atoms with Gasteiger partial charge in [0.15, 0.2) is 0 Å². The fourth-order valence-electron chi connectivity index (χ4n) is 3.07. The number of amides is 1. The van der Waals surface area contributed by atoms with Gasteiger partial charge in [0, 0.05) is 39.5 Å². The van der Waals surface area contributed by atoms with Crippen LogP contribution in [-0.2, 0) is 18.3 Å². The molecular weight excluding hydrogens is 278 g/mol. The molecule has 0 saturated carbocycles. The van der Waals surface area contributed by atoms with Crippen molar-refractivity contribution in [3.63, 3.8) is 0 Å². The topological polar surface area (TPSA) is 63.9 Å². The average Bonchev–Trinajstić information content (AvgIpc) is 2.94. The molecule has 1 fully saturated rings. The van der Waals surface area contributed by atoms with E-state index in [2.05, 4.69) is 10.1 Å². The van der Waals surface area contributed by atoms with Crippen LogP contribution in [0.5, 0.6) is 0 Å². The van der Waals surface area contributed by atoms with E-state index in [9.17, 15) is 4.79 Å². The number of hydrogen-bond acceptors (Lipinski definition) is 4. The van der Waals surface area contributed by atoms with Gasteiger partial charge in [-0.25, -0.2) is 4.98 Å². The molecule has 1 saturated heterocycles. The molecule has 0 aromatic carbocycles. The molecule has 6 heteroatoms. The summed E-state index contributed by atoms with van der Waals surface area (Å²) >= 11 is 0. The molecule has 2 aromatic heterocycles. The predicted molar refractivity (Wildman–Crippen MR) is 82.9 cm³/mol. The summed E-state index contributed by atoms with van der Waals surface area (Å²) in [4.78, 5) is 22.5. The van der Waals surface area contributed by atoms with Gasteiger partial charge < -0.3 is 4.90 Å². The van der Waals surface area contributed by atoms with E-state index < -0.39 is 0 Å². The van der Waals surface area contributed by atoms with Gasteiger partial charge in [0.05, 0.1) is 17.6 Å². The minimum atomic E-state index is 0.166. The fourth-order valence-corrected chi connectivity index (χ4v) is 3.07. The normalized spacial score (nSPS) is 18.5. The number of carbonyl (C=O) groups is 1. The van der Waals surface area contributed by atoms with E-state index in [4.69, 9.17) is 4.98 Å². The number of piperidine rings is 1. The van der Waals surface area contributed by atoms with Gasteiger partial charge in [-0.15, -0.1) is 0 Å². The number of rotatable bonds is 3. The third-order valence-electron chi connectivity index (χ3n) is 4.23. The molecule has 1 aliphatic rings. The number of carbonyl (C=O) groups excluding carboxylic acids is 1. The van der Waals surface area contributed by atoms with Crippen molar-refractivity contribution in [3.05, 3.63) is 30.4 Å². The second-order valence-electron chi connectivity index (χ2n) is 5.91. The van der Waals surface area contributed by atoms with Gasteiger partial charge in [0.1, 0.15) is 5.69 Å². The maximum atomic E-state index is 11.5. The van der Waals surface area contributed by atoms with Gasteiger partial charge >= 0.3 is 0 Å². The summed E-state index contributed by atoms with van der Waals surface area (Å²) < 4.78 is 1.80. The van der Waals surface area contributed by atoms with E-state index in [-0.39, 0.29) is 5.91 Å². The molecule has 0 spiro atoms. The maximum Gasteiger partial charge on any atom is 0.219 e. The van der Waals surface area contributed by atoms with Crippen molar-refractivity contribution >= 4 is 5.91 Å². The Kier molecular flexibility index (Phi) is 4.18. The van der Waals surface area contributed by atoms with Gasteiger partial charge in [-0.1, -0.05) is 0 Å². The Bertz CT molecular complexity index is 666. The van der Waals surface area contributed by atoms with Crippen molar-refractivity contribution in [2.24, 2.45) is 13.0 Å². The van der Waals surface area contributed by atoms with Gasteiger partial charge in [-0.2, -0.15) is 5.10 Å². The van der Waals surface area contributed by atoms with Crippen molar-refractivity contribution in [1.82, 2.24) is 24.6 Å². The summed E-state index contributed by atoms with van der Waals surface area (Å²) in [6.07, 6.45) is 8.42. The Morgan fingerprint density at radius 3 is 3.00 bits per heavy atom. The van der Waals surface area contributed by atoms with Crippen LogP contribution in [0.2, 0.25) is 0 Å². The van der Waals surface area contributed by atoms with Crippen LogP contribution in [0.4, 0.5) is 0 Å². The third-order valence-corrected chi connectivity index (χ3v) is 4.23. The molecule has 3 heterocycles. The molecule has 0 aliphatic carbocycles. The van der Waals surface area contributed by atoms with E-state index in [1.54, 1.807) is 24.0 Å². The number of hydrogen-bond donors (Lipinski definition) is 0. The number of aryl methyl sites for hydroxylation is 1.